The molecule has 15 heavy (non-hydrogen) atoms. The van der Waals surface area contributed by atoms with Crippen molar-refractivity contribution in [2.45, 2.75) is 0 Å². The van der Waals surface area contributed by atoms with Crippen molar-refractivity contribution in [3.8, 4) is 0 Å². The van der Waals surface area contributed by atoms with Gasteiger partial charge in [-0.25, -0.2) is 9.97 Å². The molecule has 0 spiro atoms. The number of nitrogens with one attached hydrogen (secondary N) is 1. The van der Waals surface area contributed by atoms with E-state index in [1.807, 2.05) is 12.1 Å². The summed E-state index contributed by atoms with van der Waals surface area (Å²) in [6.07, 6.45) is 3.37. The van der Waals surface area contributed by atoms with Gasteiger partial charge in [0.1, 0.15) is 11.6 Å². The van der Waals surface area contributed by atoms with Gasteiger partial charge in [0.2, 0.25) is 0 Å². The topological polar surface area (TPSA) is 63.8 Å². The second kappa shape index (κ2) is 4.27. The molecule has 5 heteroatoms. The zero-order chi connectivity index (χ0) is 10.7. The van der Waals surface area contributed by atoms with Crippen molar-refractivity contribution in [2.24, 2.45) is 0 Å². The van der Waals surface area contributed by atoms with Crippen LogP contribution in [0.2, 0.25) is 0 Å². The molecule has 0 aromatic carbocycles. The second-order valence-electron chi connectivity index (χ2n) is 2.96. The lowest BCUT2D eigenvalue weighted by Crippen LogP contribution is -1.96. The highest BCUT2D eigenvalue weighted by molar-refractivity contribution is 9.10. The first-order valence-corrected chi connectivity index (χ1v) is 5.13. The highest BCUT2D eigenvalue weighted by Crippen LogP contribution is 2.15. The lowest BCUT2D eigenvalue weighted by molar-refractivity contribution is 1.25. The normalized spacial score (nSPS) is 9.93. The number of aromatic nitrogens is 2. The number of hydrogen-bond acceptors (Lipinski definition) is 4. The number of nitrogen functional groups attached to an aromatic ring is 1. The predicted octanol–water partition coefficient (Wildman–Crippen LogP) is 2.56. The summed E-state index contributed by atoms with van der Waals surface area (Å²) in [7, 11) is 0. The van der Waals surface area contributed by atoms with E-state index in [1.54, 1.807) is 24.5 Å². The molecule has 0 saturated heterocycles. The van der Waals surface area contributed by atoms with E-state index >= 15 is 0 Å². The van der Waals surface area contributed by atoms with E-state index in [4.69, 9.17) is 5.73 Å². The van der Waals surface area contributed by atoms with Gasteiger partial charge in [-0.3, -0.25) is 0 Å². The van der Waals surface area contributed by atoms with Crippen molar-refractivity contribution < 1.29 is 0 Å². The molecule has 0 fully saturated rings. The van der Waals surface area contributed by atoms with E-state index in [0.29, 0.717) is 11.5 Å². The standard InChI is InChI=1S/C10H9BrN4/c11-7-1-2-9(14-6-7)15-10-5-8(12)3-4-13-10/h1-6H,(H3,12,13,14,15). The molecule has 0 bridgehead atoms. The Hall–Kier alpha value is -1.62. The van der Waals surface area contributed by atoms with Crippen LogP contribution in [0.15, 0.2) is 41.1 Å². The Bertz CT molecular complexity index is 455. The molecule has 2 rings (SSSR count). The number of pyridine rings is 2. The molecular weight excluding hydrogens is 256 g/mol. The van der Waals surface area contributed by atoms with Gasteiger partial charge in [-0.1, -0.05) is 0 Å². The van der Waals surface area contributed by atoms with E-state index in [1.165, 1.54) is 0 Å². The van der Waals surface area contributed by atoms with E-state index < -0.39 is 0 Å². The summed E-state index contributed by atoms with van der Waals surface area (Å²) in [5.41, 5.74) is 6.30. The minimum atomic E-state index is 0.671. The molecule has 0 atom stereocenters. The summed E-state index contributed by atoms with van der Waals surface area (Å²) in [4.78, 5) is 8.28. The Labute approximate surface area is 95.7 Å². The summed E-state index contributed by atoms with van der Waals surface area (Å²) in [5.74, 6) is 1.42. The van der Waals surface area contributed by atoms with Gasteiger partial charge in [0.05, 0.1) is 0 Å². The van der Waals surface area contributed by atoms with E-state index in [-0.39, 0.29) is 0 Å². The minimum Gasteiger partial charge on any atom is -0.399 e. The summed E-state index contributed by atoms with van der Waals surface area (Å²) >= 11 is 3.32. The van der Waals surface area contributed by atoms with Crippen molar-refractivity contribution in [1.29, 1.82) is 0 Å². The molecule has 76 valence electrons. The first kappa shape index (κ1) is 9.92. The SMILES string of the molecule is Nc1ccnc(Nc2ccc(Br)cn2)c1. The van der Waals surface area contributed by atoms with Crippen LogP contribution in [-0.2, 0) is 0 Å². The molecule has 0 amide bonds. The number of rotatable bonds is 2. The fraction of sp³-hybridized carbons (Fsp3) is 0. The molecule has 0 radical (unpaired) electrons. The van der Waals surface area contributed by atoms with Crippen molar-refractivity contribution in [1.82, 2.24) is 9.97 Å². The van der Waals surface area contributed by atoms with Crippen LogP contribution in [0.4, 0.5) is 17.3 Å². The molecule has 0 saturated carbocycles. The molecule has 2 heterocycles. The maximum atomic E-state index is 5.63. The third-order valence-electron chi connectivity index (χ3n) is 1.77. The molecule has 4 nitrogen and oxygen atoms in total. The average molecular weight is 265 g/mol. The van der Waals surface area contributed by atoms with Crippen molar-refractivity contribution in [3.05, 3.63) is 41.1 Å². The van der Waals surface area contributed by atoms with Crippen LogP contribution >= 0.6 is 15.9 Å². The van der Waals surface area contributed by atoms with Crippen LogP contribution in [-0.4, -0.2) is 9.97 Å². The molecule has 0 aliphatic heterocycles. The minimum absolute atomic E-state index is 0.671. The number of nitrogens with zero attached hydrogens (tertiary/aromatic N) is 2. The van der Waals surface area contributed by atoms with Gasteiger partial charge in [0.15, 0.2) is 0 Å². The quantitative estimate of drug-likeness (QED) is 0.875. The molecule has 3 N–H and O–H groups in total. The van der Waals surface area contributed by atoms with Gasteiger partial charge in [-0.2, -0.15) is 0 Å². The first-order valence-electron chi connectivity index (χ1n) is 4.34. The van der Waals surface area contributed by atoms with Crippen LogP contribution in [0, 0.1) is 0 Å². The summed E-state index contributed by atoms with van der Waals surface area (Å²) in [5, 5.41) is 3.05. The highest BCUT2D eigenvalue weighted by atomic mass is 79.9. The van der Waals surface area contributed by atoms with Crippen LogP contribution in [0.1, 0.15) is 0 Å². The third-order valence-corrected chi connectivity index (χ3v) is 2.24. The van der Waals surface area contributed by atoms with Gasteiger partial charge >= 0.3 is 0 Å². The number of halogens is 1. The molecule has 0 aliphatic carbocycles. The Morgan fingerprint density at radius 3 is 2.67 bits per heavy atom. The third kappa shape index (κ3) is 2.66. The Kier molecular flexibility index (Phi) is 2.82. The van der Waals surface area contributed by atoms with Gasteiger partial charge in [0.25, 0.3) is 0 Å². The zero-order valence-electron chi connectivity index (χ0n) is 7.81. The van der Waals surface area contributed by atoms with Gasteiger partial charge in [0, 0.05) is 28.6 Å². The van der Waals surface area contributed by atoms with Crippen LogP contribution in [0.5, 0.6) is 0 Å². The van der Waals surface area contributed by atoms with Crippen molar-refractivity contribution >= 4 is 33.3 Å². The Morgan fingerprint density at radius 1 is 1.13 bits per heavy atom. The second-order valence-corrected chi connectivity index (χ2v) is 3.88. The molecule has 0 unspecified atom stereocenters. The first-order chi connectivity index (χ1) is 7.24. The van der Waals surface area contributed by atoms with Crippen molar-refractivity contribution in [2.75, 3.05) is 11.1 Å². The molecule has 2 aromatic rings. The molecular formula is C10H9BrN4. The lowest BCUT2D eigenvalue weighted by atomic mass is 10.4. The number of anilines is 3. The summed E-state index contributed by atoms with van der Waals surface area (Å²) in [6.45, 7) is 0. The monoisotopic (exact) mass is 264 g/mol. The van der Waals surface area contributed by atoms with Crippen LogP contribution < -0.4 is 11.1 Å². The largest absolute Gasteiger partial charge is 0.399 e. The smallest absolute Gasteiger partial charge is 0.133 e. The van der Waals surface area contributed by atoms with Crippen molar-refractivity contribution in [3.63, 3.8) is 0 Å². The average Bonchev–Trinajstić information content (AvgIpc) is 2.22. The van der Waals surface area contributed by atoms with E-state index in [0.717, 1.165) is 10.3 Å². The van der Waals surface area contributed by atoms with Gasteiger partial charge < -0.3 is 11.1 Å². The number of hydrogen-bond donors (Lipinski definition) is 2. The van der Waals surface area contributed by atoms with Gasteiger partial charge in [-0.15, -0.1) is 0 Å². The predicted molar refractivity (Wildman–Crippen MR) is 63.9 cm³/mol. The Morgan fingerprint density at radius 2 is 2.00 bits per heavy atom. The van der Waals surface area contributed by atoms with Crippen LogP contribution in [0.3, 0.4) is 0 Å². The number of nitrogens with two attached hydrogens (primary N) is 1. The fourth-order valence-corrected chi connectivity index (χ4v) is 1.33. The van der Waals surface area contributed by atoms with Gasteiger partial charge in [-0.05, 0) is 34.1 Å². The molecule has 0 aliphatic rings. The summed E-state index contributed by atoms with van der Waals surface area (Å²) < 4.78 is 0.939. The maximum absolute atomic E-state index is 5.63. The zero-order valence-corrected chi connectivity index (χ0v) is 9.40. The molecule has 2 aromatic heterocycles. The Balaban J connectivity index is 2.18. The van der Waals surface area contributed by atoms with E-state index in [9.17, 15) is 0 Å². The highest BCUT2D eigenvalue weighted by Gasteiger charge is 1.97. The van der Waals surface area contributed by atoms with Crippen LogP contribution in [0.25, 0.3) is 0 Å². The maximum Gasteiger partial charge on any atom is 0.133 e. The lowest BCUT2D eigenvalue weighted by Gasteiger charge is -2.04. The summed E-state index contributed by atoms with van der Waals surface area (Å²) in [6, 6.07) is 7.25. The fourth-order valence-electron chi connectivity index (χ4n) is 1.10. The van der Waals surface area contributed by atoms with E-state index in [2.05, 4.69) is 31.2 Å².